The largest absolute Gasteiger partial charge is 0.573 e. The number of nitrogens with zero attached hydrogens (tertiary/aromatic N) is 2. The topological polar surface area (TPSA) is 97.8 Å². The van der Waals surface area contributed by atoms with Crippen molar-refractivity contribution in [3.05, 3.63) is 71.4 Å². The summed E-state index contributed by atoms with van der Waals surface area (Å²) in [5.41, 5.74) is -0.987. The number of halogens is 6. The van der Waals surface area contributed by atoms with Crippen LogP contribution in [0.25, 0.3) is 0 Å². The lowest BCUT2D eigenvalue weighted by atomic mass is 10.1. The number of carbonyl (C=O) groups excluding carboxylic acids is 2. The first-order chi connectivity index (χ1) is 18.3. The number of pyridine rings is 1. The van der Waals surface area contributed by atoms with Crippen molar-refractivity contribution in [2.24, 2.45) is 0 Å². The van der Waals surface area contributed by atoms with Gasteiger partial charge in [-0.3, -0.25) is 9.10 Å². The van der Waals surface area contributed by atoms with Gasteiger partial charge in [-0.2, -0.15) is 13.2 Å². The maximum Gasteiger partial charge on any atom is 0.573 e. The fraction of sp³-hybridized carbons (Fsp3) is 0.208. The van der Waals surface area contributed by atoms with Gasteiger partial charge in [0, 0.05) is 11.1 Å². The molecular weight excluding hydrogens is 556 g/mol. The summed E-state index contributed by atoms with van der Waals surface area (Å²) in [4.78, 5) is 28.2. The van der Waals surface area contributed by atoms with Gasteiger partial charge in [0.1, 0.15) is 17.3 Å². The highest BCUT2D eigenvalue weighted by atomic mass is 32.2. The molecule has 0 bridgehead atoms. The average molecular weight is 573 g/mol. The summed E-state index contributed by atoms with van der Waals surface area (Å²) in [7, 11) is -2.16. The fourth-order valence-corrected chi connectivity index (χ4v) is 4.79. The van der Waals surface area contributed by atoms with Gasteiger partial charge in [0.2, 0.25) is 0 Å². The van der Waals surface area contributed by atoms with Crippen molar-refractivity contribution in [3.8, 4) is 5.75 Å². The number of rotatable bonds is 6. The smallest absolute Gasteiger partial charge is 0.460 e. The van der Waals surface area contributed by atoms with Crippen molar-refractivity contribution in [1.82, 2.24) is 4.98 Å². The fourth-order valence-electron chi connectivity index (χ4n) is 3.58. The number of benzene rings is 2. The number of anilines is 3. The number of ketones is 1. The minimum atomic E-state index is -4.94. The number of esters is 1. The highest BCUT2D eigenvalue weighted by Gasteiger charge is 2.35. The molecule has 1 N–H and O–H groups in total. The van der Waals surface area contributed by atoms with Gasteiger partial charge in [0.25, 0.3) is 5.78 Å². The van der Waals surface area contributed by atoms with Gasteiger partial charge in [-0.15, -0.1) is 13.2 Å². The van der Waals surface area contributed by atoms with Crippen LogP contribution in [0.2, 0.25) is 0 Å². The molecule has 0 amide bonds. The Hall–Kier alpha value is -4.14. The van der Waals surface area contributed by atoms with Crippen LogP contribution in [-0.2, 0) is 33.2 Å². The van der Waals surface area contributed by atoms with Gasteiger partial charge in [0.05, 0.1) is 29.4 Å². The predicted octanol–water partition coefficient (Wildman–Crippen LogP) is 5.53. The third-order valence-electron chi connectivity index (χ3n) is 5.28. The Morgan fingerprint density at radius 2 is 1.72 bits per heavy atom. The van der Waals surface area contributed by atoms with E-state index in [0.717, 1.165) is 36.4 Å². The van der Waals surface area contributed by atoms with Crippen LogP contribution in [0, 0.1) is 0 Å². The number of aromatic nitrogens is 1. The molecule has 1 atom stereocenters. The molecule has 0 saturated heterocycles. The van der Waals surface area contributed by atoms with E-state index in [1.807, 2.05) is 0 Å². The molecule has 1 aliphatic rings. The van der Waals surface area contributed by atoms with Gasteiger partial charge in [-0.25, -0.2) is 14.0 Å². The van der Waals surface area contributed by atoms with Crippen molar-refractivity contribution < 1.29 is 49.6 Å². The van der Waals surface area contributed by atoms with Gasteiger partial charge in [-0.05, 0) is 55.5 Å². The molecule has 0 spiro atoms. The molecule has 1 aliphatic heterocycles. The molecule has 1 unspecified atom stereocenters. The number of ether oxygens (including phenoxy) is 2. The van der Waals surface area contributed by atoms with Crippen LogP contribution < -0.4 is 14.4 Å². The van der Waals surface area contributed by atoms with Crippen LogP contribution in [0.4, 0.5) is 43.5 Å². The zero-order valence-electron chi connectivity index (χ0n) is 19.7. The first-order valence-electron chi connectivity index (χ1n) is 11.0. The Kier molecular flexibility index (Phi) is 7.54. The Labute approximate surface area is 219 Å². The van der Waals surface area contributed by atoms with Gasteiger partial charge < -0.3 is 14.8 Å². The predicted molar refractivity (Wildman–Crippen MR) is 126 cm³/mol. The maximum atomic E-state index is 13.6. The van der Waals surface area contributed by atoms with Gasteiger partial charge in [-0.1, -0.05) is 6.07 Å². The van der Waals surface area contributed by atoms with Crippen LogP contribution in [0.1, 0.15) is 28.5 Å². The lowest BCUT2D eigenvalue weighted by Gasteiger charge is -2.24. The molecule has 4 rings (SSSR count). The second-order valence-corrected chi connectivity index (χ2v) is 9.32. The number of fused-ring (bicyclic) bond motifs is 2. The Morgan fingerprint density at radius 1 is 1.03 bits per heavy atom. The summed E-state index contributed by atoms with van der Waals surface area (Å²) < 4.78 is 101. The molecule has 2 aromatic carbocycles. The van der Waals surface area contributed by atoms with Gasteiger partial charge in [0.15, 0.2) is 11.0 Å². The van der Waals surface area contributed by atoms with E-state index < -0.39 is 46.7 Å². The molecule has 2 heterocycles. The van der Waals surface area contributed by atoms with E-state index in [1.165, 1.54) is 29.4 Å². The lowest BCUT2D eigenvalue weighted by Crippen LogP contribution is -2.26. The molecule has 0 radical (unpaired) electrons. The summed E-state index contributed by atoms with van der Waals surface area (Å²) in [5.74, 6) is -2.91. The van der Waals surface area contributed by atoms with Crippen LogP contribution in [0.15, 0.2) is 59.5 Å². The van der Waals surface area contributed by atoms with Crippen molar-refractivity contribution in [2.75, 3.05) is 16.2 Å². The summed E-state index contributed by atoms with van der Waals surface area (Å²) in [6.07, 6.45) is -9.69. The van der Waals surface area contributed by atoms with E-state index in [1.54, 1.807) is 0 Å². The van der Waals surface area contributed by atoms with E-state index in [2.05, 4.69) is 15.0 Å². The Balaban J connectivity index is 1.78. The van der Waals surface area contributed by atoms with E-state index in [9.17, 15) is 40.1 Å². The minimum absolute atomic E-state index is 0.0147. The second kappa shape index (κ2) is 10.6. The number of hydrogen-bond acceptors (Lipinski definition) is 7. The van der Waals surface area contributed by atoms with E-state index >= 15 is 0 Å². The number of nitrogens with one attached hydrogen (secondary N) is 1. The third kappa shape index (κ3) is 6.30. The number of hydrogen-bond donors (Lipinski definition) is 1. The third-order valence-corrected chi connectivity index (χ3v) is 6.69. The zero-order valence-corrected chi connectivity index (χ0v) is 20.5. The summed E-state index contributed by atoms with van der Waals surface area (Å²) in [6, 6.07) is 9.75. The van der Waals surface area contributed by atoms with Gasteiger partial charge >= 0.3 is 18.5 Å². The van der Waals surface area contributed by atoms with Crippen molar-refractivity contribution >= 4 is 39.9 Å². The summed E-state index contributed by atoms with van der Waals surface area (Å²) in [6.45, 7) is 1.15. The van der Waals surface area contributed by atoms with Crippen molar-refractivity contribution in [1.29, 1.82) is 0 Å². The molecule has 206 valence electrons. The normalized spacial score (nSPS) is 13.9. The quantitative estimate of drug-likeness (QED) is 0.179. The highest BCUT2D eigenvalue weighted by molar-refractivity contribution is 7.86. The average Bonchev–Trinajstić information content (AvgIpc) is 3.02. The zero-order chi connectivity index (χ0) is 28.5. The molecular formula is C24H17F6N3O5S. The standard InChI is InChI=1S/C24H17F6N3O5S/c1-2-37-22(35)20(34)13-3-9-17-18(11-13)33(12-14-4-10-19(23(25,26)27)32-21(14)31-17)39(36)16-7-5-15(6-8-16)38-24(28,29)30/h3-11H,2,12H2,1H3,(H,31,32). The Bertz CT molecular complexity index is 1440. The summed E-state index contributed by atoms with van der Waals surface area (Å²) >= 11 is 0. The maximum absolute atomic E-state index is 13.6. The molecule has 0 saturated carbocycles. The monoisotopic (exact) mass is 573 g/mol. The number of Topliss-reactive ketones (excluding diaryl/α,β-unsaturated/α-hetero) is 1. The molecule has 3 aromatic rings. The first-order valence-corrected chi connectivity index (χ1v) is 12.1. The number of alkyl halides is 6. The van der Waals surface area contributed by atoms with Crippen LogP contribution in [0.3, 0.4) is 0 Å². The van der Waals surface area contributed by atoms with Crippen molar-refractivity contribution in [3.63, 3.8) is 0 Å². The molecule has 0 aliphatic carbocycles. The number of carbonyl (C=O) groups is 2. The Morgan fingerprint density at radius 3 is 2.33 bits per heavy atom. The second-order valence-electron chi connectivity index (χ2n) is 7.91. The van der Waals surface area contributed by atoms with E-state index in [0.29, 0.717) is 0 Å². The molecule has 0 fully saturated rings. The first kappa shape index (κ1) is 27.9. The molecule has 15 heteroatoms. The van der Waals surface area contributed by atoms with E-state index in [-0.39, 0.29) is 46.4 Å². The van der Waals surface area contributed by atoms with E-state index in [4.69, 9.17) is 4.74 Å². The van der Waals surface area contributed by atoms with Crippen LogP contribution >= 0.6 is 0 Å². The van der Waals surface area contributed by atoms with Crippen molar-refractivity contribution in [2.45, 2.75) is 30.9 Å². The van der Waals surface area contributed by atoms with Crippen LogP contribution in [-0.4, -0.2) is 33.9 Å². The molecule has 39 heavy (non-hydrogen) atoms. The lowest BCUT2D eigenvalue weighted by molar-refractivity contribution is -0.274. The minimum Gasteiger partial charge on any atom is -0.460 e. The molecule has 8 nitrogen and oxygen atoms in total. The summed E-state index contributed by atoms with van der Waals surface area (Å²) in [5, 5.41) is 2.75. The van der Waals surface area contributed by atoms with Crippen LogP contribution in [0.5, 0.6) is 5.75 Å². The SMILES string of the molecule is CCOC(=O)C(=O)c1ccc2c(c1)N(S(=O)c1ccc(OC(F)(F)F)cc1)Cc1ccc(C(F)(F)F)nc1N2. The molecule has 1 aromatic heterocycles. The highest BCUT2D eigenvalue weighted by Crippen LogP contribution is 2.39.